The van der Waals surface area contributed by atoms with Crippen LogP contribution in [0.25, 0.3) is 10.2 Å². The highest BCUT2D eigenvalue weighted by atomic mass is 32.1. The van der Waals surface area contributed by atoms with E-state index in [4.69, 9.17) is 0 Å². The molecule has 8 heteroatoms. The summed E-state index contributed by atoms with van der Waals surface area (Å²) in [5, 5.41) is 3.44. The third kappa shape index (κ3) is 3.73. The van der Waals surface area contributed by atoms with Crippen molar-refractivity contribution in [2.75, 3.05) is 19.6 Å². The minimum absolute atomic E-state index is 0.0826. The van der Waals surface area contributed by atoms with Crippen LogP contribution in [0.1, 0.15) is 38.1 Å². The summed E-state index contributed by atoms with van der Waals surface area (Å²) in [6.07, 6.45) is 2.01. The number of para-hydroxylation sites is 1. The maximum Gasteiger partial charge on any atom is 0.325 e. The van der Waals surface area contributed by atoms with Gasteiger partial charge in [0, 0.05) is 32.5 Å². The first kappa shape index (κ1) is 19.8. The minimum atomic E-state index is -0.800. The van der Waals surface area contributed by atoms with Gasteiger partial charge in [-0.05, 0) is 30.9 Å². The van der Waals surface area contributed by atoms with Gasteiger partial charge in [-0.15, -0.1) is 11.3 Å². The van der Waals surface area contributed by atoms with Crippen molar-refractivity contribution in [3.8, 4) is 0 Å². The molecular formula is C21H26N4O3S. The number of carbonyl (C=O) groups excluding carboxylic acids is 3. The van der Waals surface area contributed by atoms with Crippen LogP contribution in [0.15, 0.2) is 24.3 Å². The second-order valence-electron chi connectivity index (χ2n) is 8.25. The number of carbonyl (C=O) groups is 3. The average molecular weight is 415 g/mol. The summed E-state index contributed by atoms with van der Waals surface area (Å²) < 4.78 is 1.14. The molecule has 1 aromatic heterocycles. The molecule has 0 bridgehead atoms. The number of fused-ring (bicyclic) bond motifs is 1. The fraction of sp³-hybridized carbons (Fsp3) is 0.524. The number of rotatable bonds is 5. The zero-order valence-corrected chi connectivity index (χ0v) is 17.6. The number of urea groups is 1. The Morgan fingerprint density at radius 1 is 1.24 bits per heavy atom. The monoisotopic (exact) mass is 414 g/mol. The number of aromatic nitrogens is 1. The molecule has 0 radical (unpaired) electrons. The molecule has 0 aliphatic carbocycles. The number of aryl methyl sites for hydroxylation is 1. The molecule has 1 N–H and O–H groups in total. The van der Waals surface area contributed by atoms with Crippen LogP contribution in [-0.4, -0.2) is 57.8 Å². The van der Waals surface area contributed by atoms with Crippen LogP contribution in [0.5, 0.6) is 0 Å². The largest absolute Gasteiger partial charge is 0.342 e. The van der Waals surface area contributed by atoms with E-state index in [0.29, 0.717) is 45.3 Å². The molecule has 0 atom stereocenters. The number of likely N-dealkylation sites (tertiary alicyclic amines) is 1. The maximum absolute atomic E-state index is 12.7. The summed E-state index contributed by atoms with van der Waals surface area (Å²) in [5.74, 6) is 0.140. The Morgan fingerprint density at radius 2 is 1.97 bits per heavy atom. The van der Waals surface area contributed by atoms with Gasteiger partial charge in [0.15, 0.2) is 0 Å². The number of piperidine rings is 1. The number of hydrogen-bond acceptors (Lipinski definition) is 5. The van der Waals surface area contributed by atoms with E-state index in [2.05, 4.69) is 10.3 Å². The number of thiazole rings is 1. The van der Waals surface area contributed by atoms with E-state index in [1.54, 1.807) is 16.2 Å². The van der Waals surface area contributed by atoms with Crippen molar-refractivity contribution >= 4 is 39.4 Å². The second-order valence-corrected chi connectivity index (χ2v) is 9.37. The fourth-order valence-electron chi connectivity index (χ4n) is 4.24. The van der Waals surface area contributed by atoms with Gasteiger partial charge < -0.3 is 9.80 Å². The first-order chi connectivity index (χ1) is 13.9. The molecule has 29 heavy (non-hydrogen) atoms. The molecule has 1 aromatic carbocycles. The molecular weight excluding hydrogens is 388 g/mol. The van der Waals surface area contributed by atoms with Gasteiger partial charge in [-0.3, -0.25) is 14.9 Å². The number of hydrogen-bond donors (Lipinski definition) is 1. The van der Waals surface area contributed by atoms with E-state index in [-0.39, 0.29) is 23.8 Å². The van der Waals surface area contributed by atoms with E-state index in [9.17, 15) is 14.4 Å². The van der Waals surface area contributed by atoms with Crippen LogP contribution in [-0.2, 0) is 16.0 Å². The standard InChI is InChI=1S/C21H26N4O3S/c1-14(2)13-25-20(28)23-19(27)21(25)9-11-24(12-10-21)18(26)8-7-17-22-15-5-3-4-6-16(15)29-17/h3-6,14H,7-13H2,1-2H3,(H,23,27,28). The lowest BCUT2D eigenvalue weighted by atomic mass is 9.85. The Kier molecular flexibility index (Phi) is 5.29. The first-order valence-corrected chi connectivity index (χ1v) is 11.0. The normalized spacial score (nSPS) is 18.9. The molecule has 2 fully saturated rings. The molecule has 2 aliphatic heterocycles. The highest BCUT2D eigenvalue weighted by Gasteiger charge is 2.54. The minimum Gasteiger partial charge on any atom is -0.342 e. The van der Waals surface area contributed by atoms with Crippen LogP contribution < -0.4 is 5.32 Å². The molecule has 4 rings (SSSR count). The van der Waals surface area contributed by atoms with Crippen LogP contribution in [0.3, 0.4) is 0 Å². The van der Waals surface area contributed by atoms with E-state index in [1.165, 1.54) is 0 Å². The summed E-state index contributed by atoms with van der Waals surface area (Å²) in [7, 11) is 0. The Bertz CT molecular complexity index is 913. The van der Waals surface area contributed by atoms with Crippen LogP contribution >= 0.6 is 11.3 Å². The van der Waals surface area contributed by atoms with Crippen molar-refractivity contribution in [1.29, 1.82) is 0 Å². The molecule has 3 heterocycles. The van der Waals surface area contributed by atoms with Gasteiger partial charge in [-0.1, -0.05) is 26.0 Å². The smallest absolute Gasteiger partial charge is 0.325 e. The predicted octanol–water partition coefficient (Wildman–Crippen LogP) is 2.80. The molecule has 2 saturated heterocycles. The number of nitrogens with zero attached hydrogens (tertiary/aromatic N) is 3. The van der Waals surface area contributed by atoms with Crippen molar-refractivity contribution in [3.63, 3.8) is 0 Å². The van der Waals surface area contributed by atoms with Gasteiger partial charge in [0.1, 0.15) is 5.54 Å². The van der Waals surface area contributed by atoms with Crippen molar-refractivity contribution < 1.29 is 14.4 Å². The van der Waals surface area contributed by atoms with Gasteiger partial charge in [-0.2, -0.15) is 0 Å². The quantitative estimate of drug-likeness (QED) is 0.763. The fourth-order valence-corrected chi connectivity index (χ4v) is 5.21. The van der Waals surface area contributed by atoms with Crippen molar-refractivity contribution in [1.82, 2.24) is 20.1 Å². The number of imide groups is 1. The summed E-state index contributed by atoms with van der Waals surface area (Å²) >= 11 is 1.63. The Hall–Kier alpha value is -2.48. The lowest BCUT2D eigenvalue weighted by Crippen LogP contribution is -2.58. The average Bonchev–Trinajstić information content (AvgIpc) is 3.21. The SMILES string of the molecule is CC(C)CN1C(=O)NC(=O)C12CCN(C(=O)CCc1nc3ccccc3s1)CC2. The Labute approximate surface area is 174 Å². The highest BCUT2D eigenvalue weighted by molar-refractivity contribution is 7.18. The molecule has 7 nitrogen and oxygen atoms in total. The molecule has 2 aromatic rings. The molecule has 2 aliphatic rings. The number of nitrogens with one attached hydrogen (secondary N) is 1. The lowest BCUT2D eigenvalue weighted by molar-refractivity contribution is -0.138. The van der Waals surface area contributed by atoms with E-state index < -0.39 is 5.54 Å². The molecule has 0 saturated carbocycles. The van der Waals surface area contributed by atoms with Crippen LogP contribution in [0.2, 0.25) is 0 Å². The Morgan fingerprint density at radius 3 is 2.66 bits per heavy atom. The van der Waals surface area contributed by atoms with Gasteiger partial charge in [-0.25, -0.2) is 9.78 Å². The van der Waals surface area contributed by atoms with Gasteiger partial charge in [0.25, 0.3) is 5.91 Å². The molecule has 154 valence electrons. The molecule has 1 spiro atoms. The molecule has 0 unspecified atom stereocenters. The van der Waals surface area contributed by atoms with E-state index in [1.807, 2.05) is 43.0 Å². The van der Waals surface area contributed by atoms with Crippen molar-refractivity contribution in [2.24, 2.45) is 5.92 Å². The topological polar surface area (TPSA) is 82.6 Å². The summed E-state index contributed by atoms with van der Waals surface area (Å²) in [6, 6.07) is 7.68. The lowest BCUT2D eigenvalue weighted by Gasteiger charge is -2.42. The third-order valence-corrected chi connectivity index (χ3v) is 6.88. The maximum atomic E-state index is 12.7. The van der Waals surface area contributed by atoms with Gasteiger partial charge >= 0.3 is 6.03 Å². The third-order valence-electron chi connectivity index (χ3n) is 5.79. The summed E-state index contributed by atoms with van der Waals surface area (Å²) in [6.45, 7) is 5.60. The van der Waals surface area contributed by atoms with Gasteiger partial charge in [0.2, 0.25) is 5.91 Å². The zero-order valence-electron chi connectivity index (χ0n) is 16.8. The first-order valence-electron chi connectivity index (χ1n) is 10.1. The van der Waals surface area contributed by atoms with E-state index in [0.717, 1.165) is 15.2 Å². The van der Waals surface area contributed by atoms with Crippen molar-refractivity contribution in [3.05, 3.63) is 29.3 Å². The second kappa shape index (κ2) is 7.74. The number of amides is 4. The summed E-state index contributed by atoms with van der Waals surface area (Å²) in [5.41, 5.74) is 0.174. The van der Waals surface area contributed by atoms with E-state index >= 15 is 0 Å². The predicted molar refractivity (Wildman–Crippen MR) is 112 cm³/mol. The summed E-state index contributed by atoms with van der Waals surface area (Å²) in [4.78, 5) is 45.6. The van der Waals surface area contributed by atoms with Gasteiger partial charge in [0.05, 0.1) is 15.2 Å². The zero-order chi connectivity index (χ0) is 20.6. The van der Waals surface area contributed by atoms with Crippen LogP contribution in [0, 0.1) is 5.92 Å². The molecule has 4 amide bonds. The van der Waals surface area contributed by atoms with Crippen molar-refractivity contribution in [2.45, 2.75) is 45.1 Å². The highest BCUT2D eigenvalue weighted by Crippen LogP contribution is 2.34. The Balaban J connectivity index is 1.36. The van der Waals surface area contributed by atoms with Crippen LogP contribution in [0.4, 0.5) is 4.79 Å². The number of benzene rings is 1.